The fraction of sp³-hybridized carbons (Fsp3) is 0.308. The summed E-state index contributed by atoms with van der Waals surface area (Å²) in [5.74, 6) is 0. The molecule has 0 aliphatic rings. The molecule has 1 heterocycles. The number of nitrogens with one attached hydrogen (secondary N) is 1. The number of nitriles is 1. The van der Waals surface area contributed by atoms with E-state index in [4.69, 9.17) is 5.26 Å². The number of H-pyrrole nitrogens is 1. The number of hydrogen-bond donors (Lipinski definition) is 1. The van der Waals surface area contributed by atoms with E-state index in [1.165, 1.54) is 23.8 Å². The summed E-state index contributed by atoms with van der Waals surface area (Å²) in [6, 6.07) is 7.98. The Morgan fingerprint density at radius 2 is 2.27 bits per heavy atom. The van der Waals surface area contributed by atoms with E-state index in [1.807, 2.05) is 18.2 Å². The van der Waals surface area contributed by atoms with Crippen molar-refractivity contribution in [3.05, 3.63) is 35.5 Å². The van der Waals surface area contributed by atoms with E-state index >= 15 is 0 Å². The summed E-state index contributed by atoms with van der Waals surface area (Å²) in [7, 11) is 0. The molecule has 0 atom stereocenters. The van der Waals surface area contributed by atoms with E-state index in [1.54, 1.807) is 0 Å². The van der Waals surface area contributed by atoms with E-state index in [0.717, 1.165) is 11.9 Å². The number of benzene rings is 1. The average Bonchev–Trinajstić information content (AvgIpc) is 2.68. The maximum Gasteiger partial charge on any atom is 0.0992 e. The first-order chi connectivity index (χ1) is 7.35. The lowest BCUT2D eigenvalue weighted by Crippen LogP contribution is -1.81. The van der Waals surface area contributed by atoms with Gasteiger partial charge in [-0.25, -0.2) is 0 Å². The first-order valence-corrected chi connectivity index (χ1v) is 5.35. The Labute approximate surface area is 89.5 Å². The molecule has 0 saturated carbocycles. The van der Waals surface area contributed by atoms with Gasteiger partial charge in [-0.15, -0.1) is 0 Å². The molecule has 0 aliphatic heterocycles. The van der Waals surface area contributed by atoms with Gasteiger partial charge in [0.15, 0.2) is 0 Å². The molecule has 0 amide bonds. The van der Waals surface area contributed by atoms with Crippen molar-refractivity contribution in [2.24, 2.45) is 0 Å². The second-order valence-corrected chi connectivity index (χ2v) is 3.79. The second-order valence-electron chi connectivity index (χ2n) is 3.79. The Hall–Kier alpha value is -1.75. The molecule has 1 aromatic carbocycles. The Balaban J connectivity index is 2.39. The Morgan fingerprint density at radius 1 is 1.40 bits per heavy atom. The smallest absolute Gasteiger partial charge is 0.0992 e. The molecule has 2 heteroatoms. The molecule has 1 N–H and O–H groups in total. The summed E-state index contributed by atoms with van der Waals surface area (Å²) in [6.07, 6.45) is 5.60. The van der Waals surface area contributed by atoms with Gasteiger partial charge in [0.05, 0.1) is 11.6 Å². The van der Waals surface area contributed by atoms with Gasteiger partial charge in [0.2, 0.25) is 0 Å². The highest BCUT2D eigenvalue weighted by Crippen LogP contribution is 2.20. The summed E-state index contributed by atoms with van der Waals surface area (Å²) < 4.78 is 0. The van der Waals surface area contributed by atoms with Crippen molar-refractivity contribution in [2.45, 2.75) is 26.2 Å². The fourth-order valence-corrected chi connectivity index (χ4v) is 1.83. The molecule has 0 saturated heterocycles. The first-order valence-electron chi connectivity index (χ1n) is 5.35. The van der Waals surface area contributed by atoms with Gasteiger partial charge in [0, 0.05) is 17.1 Å². The van der Waals surface area contributed by atoms with Crippen LogP contribution in [-0.4, -0.2) is 4.98 Å². The van der Waals surface area contributed by atoms with E-state index in [2.05, 4.69) is 24.2 Å². The number of aromatic amines is 1. The van der Waals surface area contributed by atoms with Crippen LogP contribution in [0.15, 0.2) is 24.4 Å². The lowest BCUT2D eigenvalue weighted by molar-refractivity contribution is 0.799. The van der Waals surface area contributed by atoms with E-state index in [9.17, 15) is 0 Å². The highest BCUT2D eigenvalue weighted by Gasteiger charge is 2.03. The number of fused-ring (bicyclic) bond motifs is 1. The molecular formula is C13H14N2. The zero-order valence-electron chi connectivity index (χ0n) is 8.88. The van der Waals surface area contributed by atoms with Crippen LogP contribution >= 0.6 is 0 Å². The highest BCUT2D eigenvalue weighted by atomic mass is 14.7. The van der Waals surface area contributed by atoms with Crippen LogP contribution in [0.4, 0.5) is 0 Å². The Kier molecular flexibility index (Phi) is 2.73. The maximum absolute atomic E-state index is 8.78. The van der Waals surface area contributed by atoms with Crippen LogP contribution in [0.1, 0.15) is 30.9 Å². The summed E-state index contributed by atoms with van der Waals surface area (Å²) in [5, 5.41) is 10.0. The molecular weight excluding hydrogens is 184 g/mol. The number of aryl methyl sites for hydroxylation is 1. The minimum absolute atomic E-state index is 0.714. The maximum atomic E-state index is 8.78. The SMILES string of the molecule is CCCCc1c[nH]c2cc(C#N)ccc12. The lowest BCUT2D eigenvalue weighted by atomic mass is 10.1. The van der Waals surface area contributed by atoms with Gasteiger partial charge >= 0.3 is 0 Å². The summed E-state index contributed by atoms with van der Waals surface area (Å²) in [4.78, 5) is 3.22. The van der Waals surface area contributed by atoms with Crippen LogP contribution in [-0.2, 0) is 6.42 Å². The molecule has 76 valence electrons. The predicted molar refractivity (Wildman–Crippen MR) is 61.6 cm³/mol. The van der Waals surface area contributed by atoms with Gasteiger partial charge in [-0.2, -0.15) is 5.26 Å². The van der Waals surface area contributed by atoms with Gasteiger partial charge < -0.3 is 4.98 Å². The largest absolute Gasteiger partial charge is 0.361 e. The monoisotopic (exact) mass is 198 g/mol. The van der Waals surface area contributed by atoms with Crippen LogP contribution in [0.3, 0.4) is 0 Å². The quantitative estimate of drug-likeness (QED) is 0.806. The molecule has 0 radical (unpaired) electrons. The Bertz CT molecular complexity index is 503. The van der Waals surface area contributed by atoms with Crippen molar-refractivity contribution in [3.8, 4) is 6.07 Å². The number of hydrogen-bond acceptors (Lipinski definition) is 1. The Morgan fingerprint density at radius 3 is 3.00 bits per heavy atom. The van der Waals surface area contributed by atoms with Crippen LogP contribution in [0.5, 0.6) is 0 Å². The average molecular weight is 198 g/mol. The van der Waals surface area contributed by atoms with Crippen molar-refractivity contribution < 1.29 is 0 Å². The minimum Gasteiger partial charge on any atom is -0.361 e. The van der Waals surface area contributed by atoms with Gasteiger partial charge in [-0.3, -0.25) is 0 Å². The third-order valence-corrected chi connectivity index (χ3v) is 2.70. The third kappa shape index (κ3) is 1.87. The van der Waals surface area contributed by atoms with Gasteiger partial charge in [-0.05, 0) is 30.5 Å². The molecule has 2 rings (SSSR count). The summed E-state index contributed by atoms with van der Waals surface area (Å²) >= 11 is 0. The molecule has 0 aliphatic carbocycles. The van der Waals surface area contributed by atoms with Gasteiger partial charge in [0.25, 0.3) is 0 Å². The first kappa shape index (κ1) is 9.79. The molecule has 2 aromatic rings. The number of unbranched alkanes of at least 4 members (excludes halogenated alkanes) is 1. The molecule has 2 nitrogen and oxygen atoms in total. The minimum atomic E-state index is 0.714. The molecule has 0 bridgehead atoms. The van der Waals surface area contributed by atoms with Crippen LogP contribution in [0.25, 0.3) is 10.9 Å². The molecule has 0 spiro atoms. The number of nitrogens with zero attached hydrogens (tertiary/aromatic N) is 1. The zero-order valence-corrected chi connectivity index (χ0v) is 8.88. The zero-order chi connectivity index (χ0) is 10.7. The fourth-order valence-electron chi connectivity index (χ4n) is 1.83. The predicted octanol–water partition coefficient (Wildman–Crippen LogP) is 3.38. The number of rotatable bonds is 3. The van der Waals surface area contributed by atoms with Crippen molar-refractivity contribution in [3.63, 3.8) is 0 Å². The van der Waals surface area contributed by atoms with Gasteiger partial charge in [-0.1, -0.05) is 19.4 Å². The molecule has 0 unspecified atom stereocenters. The molecule has 0 fully saturated rings. The lowest BCUT2D eigenvalue weighted by Gasteiger charge is -1.97. The third-order valence-electron chi connectivity index (χ3n) is 2.70. The van der Waals surface area contributed by atoms with Crippen molar-refractivity contribution in [2.75, 3.05) is 0 Å². The molecule has 15 heavy (non-hydrogen) atoms. The summed E-state index contributed by atoms with van der Waals surface area (Å²) in [6.45, 7) is 2.20. The van der Waals surface area contributed by atoms with Crippen LogP contribution in [0, 0.1) is 11.3 Å². The van der Waals surface area contributed by atoms with Crippen molar-refractivity contribution in [1.82, 2.24) is 4.98 Å². The van der Waals surface area contributed by atoms with Gasteiger partial charge in [0.1, 0.15) is 0 Å². The topological polar surface area (TPSA) is 39.6 Å². The van der Waals surface area contributed by atoms with E-state index < -0.39 is 0 Å². The van der Waals surface area contributed by atoms with Crippen molar-refractivity contribution >= 4 is 10.9 Å². The van der Waals surface area contributed by atoms with E-state index in [0.29, 0.717) is 5.56 Å². The van der Waals surface area contributed by atoms with E-state index in [-0.39, 0.29) is 0 Å². The van der Waals surface area contributed by atoms with Crippen LogP contribution in [0.2, 0.25) is 0 Å². The summed E-state index contributed by atoms with van der Waals surface area (Å²) in [5.41, 5.74) is 3.14. The number of aromatic nitrogens is 1. The normalized spacial score (nSPS) is 10.4. The standard InChI is InChI=1S/C13H14N2/c1-2-3-4-11-9-15-13-7-10(8-14)5-6-12(11)13/h5-7,9,15H,2-4H2,1H3. The molecule has 1 aromatic heterocycles. The highest BCUT2D eigenvalue weighted by molar-refractivity contribution is 5.84. The van der Waals surface area contributed by atoms with Crippen LogP contribution < -0.4 is 0 Å². The second kappa shape index (κ2) is 4.18. The van der Waals surface area contributed by atoms with Crippen molar-refractivity contribution in [1.29, 1.82) is 5.26 Å².